The van der Waals surface area contributed by atoms with Crippen molar-refractivity contribution in [3.63, 3.8) is 0 Å². The third-order valence-corrected chi connectivity index (χ3v) is 1.24. The average Bonchev–Trinajstić information content (AvgIpc) is 2.12. The van der Waals surface area contributed by atoms with Gasteiger partial charge in [-0.15, -0.1) is 13.2 Å². The van der Waals surface area contributed by atoms with Crippen LogP contribution in [-0.4, -0.2) is 31.9 Å². The minimum Gasteiger partial charge on any atom is -0.310 e. The summed E-state index contributed by atoms with van der Waals surface area (Å²) < 4.78 is 95.8. The summed E-state index contributed by atoms with van der Waals surface area (Å²) in [7, 11) is 0. The second-order valence-electron chi connectivity index (χ2n) is 2.87. The topological polar surface area (TPSA) is 18.5 Å². The second kappa shape index (κ2) is 8.46. The molecule has 112 valence electrons. The van der Waals surface area contributed by atoms with Gasteiger partial charge in [-0.1, -0.05) is 6.92 Å². The van der Waals surface area contributed by atoms with Crippen LogP contribution in [0.15, 0.2) is 0 Å². The molecular formula is C8H12F8O2. The molecule has 0 N–H and O–H groups in total. The van der Waals surface area contributed by atoms with E-state index in [1.807, 2.05) is 0 Å². The first kappa shape index (κ1) is 19.7. The predicted octanol–water partition coefficient (Wildman–Crippen LogP) is 4.11. The van der Waals surface area contributed by atoms with Crippen LogP contribution in [-0.2, 0) is 9.47 Å². The normalized spacial score (nSPS) is 14.2. The standard InChI is InChI=1S/C4H5F5O.C4H7F3O/c1-2(4(7,8)9)10-3(5)6;1-2-3-8-4(5,6)7/h2-3H,1H3;2-3H2,1H3. The summed E-state index contributed by atoms with van der Waals surface area (Å²) >= 11 is 0. The van der Waals surface area contributed by atoms with Gasteiger partial charge in [0.2, 0.25) is 0 Å². The average molecular weight is 292 g/mol. The Hall–Kier alpha value is -0.640. The van der Waals surface area contributed by atoms with Crippen molar-refractivity contribution in [1.82, 2.24) is 0 Å². The van der Waals surface area contributed by atoms with Crippen LogP contribution in [0.5, 0.6) is 0 Å². The molecule has 0 fully saturated rings. The van der Waals surface area contributed by atoms with Crippen molar-refractivity contribution in [3.05, 3.63) is 0 Å². The lowest BCUT2D eigenvalue weighted by Crippen LogP contribution is -2.30. The molecule has 0 saturated heterocycles. The Bertz CT molecular complexity index is 200. The van der Waals surface area contributed by atoms with Crippen molar-refractivity contribution in [3.8, 4) is 0 Å². The monoisotopic (exact) mass is 292 g/mol. The highest BCUT2D eigenvalue weighted by atomic mass is 19.4. The van der Waals surface area contributed by atoms with E-state index < -0.39 is 25.3 Å². The molecule has 0 aliphatic rings. The SMILES string of the molecule is CC(OC(F)F)C(F)(F)F.CCCOC(F)(F)F. The third kappa shape index (κ3) is 15.4. The van der Waals surface area contributed by atoms with Gasteiger partial charge in [0.15, 0.2) is 6.10 Å². The van der Waals surface area contributed by atoms with E-state index >= 15 is 0 Å². The predicted molar refractivity (Wildman–Crippen MR) is 44.9 cm³/mol. The van der Waals surface area contributed by atoms with Gasteiger partial charge in [-0.2, -0.15) is 22.0 Å². The summed E-state index contributed by atoms with van der Waals surface area (Å²) in [6.07, 6.45) is -11.2. The molecule has 1 atom stereocenters. The Labute approximate surface area is 97.9 Å². The van der Waals surface area contributed by atoms with E-state index in [1.165, 1.54) is 0 Å². The lowest BCUT2D eigenvalue weighted by atomic mass is 10.4. The maximum absolute atomic E-state index is 11.4. The largest absolute Gasteiger partial charge is 0.522 e. The molecule has 0 aliphatic heterocycles. The van der Waals surface area contributed by atoms with Crippen molar-refractivity contribution < 1.29 is 44.6 Å². The molecule has 10 heteroatoms. The number of halogens is 8. The van der Waals surface area contributed by atoms with Gasteiger partial charge < -0.3 is 4.74 Å². The molecule has 1 unspecified atom stereocenters. The Morgan fingerprint density at radius 3 is 1.56 bits per heavy atom. The van der Waals surface area contributed by atoms with Crippen molar-refractivity contribution in [2.45, 2.75) is 45.5 Å². The van der Waals surface area contributed by atoms with E-state index in [-0.39, 0.29) is 6.61 Å². The van der Waals surface area contributed by atoms with E-state index in [0.717, 1.165) is 0 Å². The minimum atomic E-state index is -4.71. The summed E-state index contributed by atoms with van der Waals surface area (Å²) in [5.41, 5.74) is 0. The molecule has 0 radical (unpaired) electrons. The maximum atomic E-state index is 11.4. The van der Waals surface area contributed by atoms with Crippen molar-refractivity contribution in [1.29, 1.82) is 0 Å². The van der Waals surface area contributed by atoms with Gasteiger partial charge in [0.05, 0.1) is 6.61 Å². The molecule has 0 saturated carbocycles. The van der Waals surface area contributed by atoms with E-state index in [1.54, 1.807) is 6.92 Å². The number of rotatable bonds is 4. The summed E-state index contributed by atoms with van der Waals surface area (Å²) in [6, 6.07) is 0. The first-order valence-electron chi connectivity index (χ1n) is 4.61. The van der Waals surface area contributed by atoms with Crippen LogP contribution in [0.1, 0.15) is 20.3 Å². The molecule has 2 nitrogen and oxygen atoms in total. The van der Waals surface area contributed by atoms with E-state index in [0.29, 0.717) is 13.3 Å². The molecule has 0 amide bonds. The lowest BCUT2D eigenvalue weighted by Gasteiger charge is -2.14. The molecule has 0 aromatic heterocycles. The van der Waals surface area contributed by atoms with Crippen LogP contribution >= 0.6 is 0 Å². The zero-order valence-corrected chi connectivity index (χ0v) is 9.41. The van der Waals surface area contributed by atoms with Gasteiger partial charge in [0.25, 0.3) is 0 Å². The highest BCUT2D eigenvalue weighted by Gasteiger charge is 2.38. The molecular weight excluding hydrogens is 280 g/mol. The van der Waals surface area contributed by atoms with Gasteiger partial charge in [-0.05, 0) is 13.3 Å². The maximum Gasteiger partial charge on any atom is 0.522 e. The summed E-state index contributed by atoms with van der Waals surface area (Å²) in [5.74, 6) is 0. The van der Waals surface area contributed by atoms with Crippen LogP contribution in [0.2, 0.25) is 0 Å². The third-order valence-electron chi connectivity index (χ3n) is 1.24. The Morgan fingerprint density at radius 1 is 1.00 bits per heavy atom. The Balaban J connectivity index is 0. The van der Waals surface area contributed by atoms with Crippen LogP contribution < -0.4 is 0 Å². The van der Waals surface area contributed by atoms with Gasteiger partial charge in [-0.25, -0.2) is 0 Å². The number of ether oxygens (including phenoxy) is 2. The van der Waals surface area contributed by atoms with Gasteiger partial charge >= 0.3 is 19.2 Å². The molecule has 0 rings (SSSR count). The summed E-state index contributed by atoms with van der Waals surface area (Å²) in [6.45, 7) is -1.49. The fraction of sp³-hybridized carbons (Fsp3) is 1.00. The molecule has 0 aliphatic carbocycles. The Morgan fingerprint density at radius 2 is 1.44 bits per heavy atom. The first-order valence-corrected chi connectivity index (χ1v) is 4.61. The fourth-order valence-electron chi connectivity index (χ4n) is 0.449. The van der Waals surface area contributed by atoms with Crippen molar-refractivity contribution in [2.24, 2.45) is 0 Å². The molecule has 0 aromatic rings. The van der Waals surface area contributed by atoms with Crippen LogP contribution in [0, 0.1) is 0 Å². The number of alkyl halides is 8. The molecule has 0 bridgehead atoms. The zero-order valence-electron chi connectivity index (χ0n) is 9.41. The van der Waals surface area contributed by atoms with Crippen LogP contribution in [0.3, 0.4) is 0 Å². The second-order valence-corrected chi connectivity index (χ2v) is 2.87. The Kier molecular flexibility index (Phi) is 9.26. The van der Waals surface area contributed by atoms with E-state index in [9.17, 15) is 35.1 Å². The minimum absolute atomic E-state index is 0.247. The fourth-order valence-corrected chi connectivity index (χ4v) is 0.449. The van der Waals surface area contributed by atoms with E-state index in [4.69, 9.17) is 0 Å². The van der Waals surface area contributed by atoms with Crippen molar-refractivity contribution >= 4 is 0 Å². The molecule has 0 heterocycles. The summed E-state index contributed by atoms with van der Waals surface area (Å²) in [4.78, 5) is 0. The first-order chi connectivity index (χ1) is 7.90. The van der Waals surface area contributed by atoms with Gasteiger partial charge in [-0.3, -0.25) is 4.74 Å². The molecule has 18 heavy (non-hydrogen) atoms. The molecule has 0 aromatic carbocycles. The van der Waals surface area contributed by atoms with Crippen LogP contribution in [0.4, 0.5) is 35.1 Å². The highest BCUT2D eigenvalue weighted by Crippen LogP contribution is 2.23. The van der Waals surface area contributed by atoms with E-state index in [2.05, 4.69) is 9.47 Å². The lowest BCUT2D eigenvalue weighted by molar-refractivity contribution is -0.324. The zero-order chi connectivity index (χ0) is 15.0. The molecule has 0 spiro atoms. The number of hydrogen-bond acceptors (Lipinski definition) is 2. The number of hydrogen-bond donors (Lipinski definition) is 0. The highest BCUT2D eigenvalue weighted by molar-refractivity contribution is 4.59. The smallest absolute Gasteiger partial charge is 0.310 e. The van der Waals surface area contributed by atoms with Gasteiger partial charge in [0, 0.05) is 0 Å². The quantitative estimate of drug-likeness (QED) is 0.726. The van der Waals surface area contributed by atoms with Crippen LogP contribution in [0.25, 0.3) is 0 Å². The van der Waals surface area contributed by atoms with Crippen molar-refractivity contribution in [2.75, 3.05) is 6.61 Å². The van der Waals surface area contributed by atoms with Gasteiger partial charge in [0.1, 0.15) is 0 Å². The summed E-state index contributed by atoms with van der Waals surface area (Å²) in [5, 5.41) is 0.